The number of para-hydroxylation sites is 1. The number of rotatable bonds is 1. The molecule has 92 valence electrons. The zero-order valence-corrected chi connectivity index (χ0v) is 11.8. The topological polar surface area (TPSA) is 15.6 Å². The van der Waals surface area contributed by atoms with Crippen LogP contribution < -0.4 is 4.90 Å². The van der Waals surface area contributed by atoms with Gasteiger partial charge in [-0.3, -0.25) is 4.99 Å². The molecule has 17 heavy (non-hydrogen) atoms. The standard InChI is InChI=1S/C14H20N2S/c1-11-10-14(2,3)15-13(17-11)16(4)12-8-6-5-7-9-12/h5-9,11H,10H2,1-4H3. The minimum atomic E-state index is 0.0586. The molecule has 1 aliphatic rings. The fourth-order valence-corrected chi connectivity index (χ4v) is 3.59. The van der Waals surface area contributed by atoms with Gasteiger partial charge in [0, 0.05) is 18.0 Å². The van der Waals surface area contributed by atoms with Crippen molar-refractivity contribution < 1.29 is 0 Å². The smallest absolute Gasteiger partial charge is 0.164 e. The van der Waals surface area contributed by atoms with Gasteiger partial charge in [-0.2, -0.15) is 0 Å². The van der Waals surface area contributed by atoms with Crippen LogP contribution in [0.25, 0.3) is 0 Å². The van der Waals surface area contributed by atoms with E-state index in [1.54, 1.807) is 0 Å². The molecule has 0 fully saturated rings. The van der Waals surface area contributed by atoms with Gasteiger partial charge in [-0.1, -0.05) is 36.9 Å². The summed E-state index contributed by atoms with van der Waals surface area (Å²) >= 11 is 1.87. The third kappa shape index (κ3) is 3.03. The van der Waals surface area contributed by atoms with E-state index in [-0.39, 0.29) is 5.54 Å². The van der Waals surface area contributed by atoms with Gasteiger partial charge in [0.2, 0.25) is 0 Å². The van der Waals surface area contributed by atoms with Crippen molar-refractivity contribution in [3.8, 4) is 0 Å². The minimum Gasteiger partial charge on any atom is -0.324 e. The van der Waals surface area contributed by atoms with Crippen LogP contribution >= 0.6 is 11.8 Å². The third-order valence-corrected chi connectivity index (χ3v) is 4.07. The molecule has 3 heteroatoms. The molecule has 2 rings (SSSR count). The molecular weight excluding hydrogens is 228 g/mol. The van der Waals surface area contributed by atoms with Gasteiger partial charge in [0.1, 0.15) is 0 Å². The summed E-state index contributed by atoms with van der Waals surface area (Å²) in [5.41, 5.74) is 1.26. The number of amidine groups is 1. The van der Waals surface area contributed by atoms with E-state index in [0.717, 1.165) is 11.6 Å². The van der Waals surface area contributed by atoms with Crippen LogP contribution in [-0.4, -0.2) is 23.0 Å². The van der Waals surface area contributed by atoms with Crippen molar-refractivity contribution >= 4 is 22.6 Å². The Hall–Kier alpha value is -0.960. The van der Waals surface area contributed by atoms with Crippen molar-refractivity contribution in [1.29, 1.82) is 0 Å². The van der Waals surface area contributed by atoms with Crippen molar-refractivity contribution in [2.75, 3.05) is 11.9 Å². The van der Waals surface area contributed by atoms with Crippen LogP contribution in [0.4, 0.5) is 5.69 Å². The highest BCUT2D eigenvalue weighted by molar-refractivity contribution is 8.14. The number of benzene rings is 1. The van der Waals surface area contributed by atoms with Gasteiger partial charge in [0.25, 0.3) is 0 Å². The number of hydrogen-bond acceptors (Lipinski definition) is 3. The maximum absolute atomic E-state index is 4.85. The highest BCUT2D eigenvalue weighted by Crippen LogP contribution is 2.33. The molecule has 0 bridgehead atoms. The second-order valence-electron chi connectivity index (χ2n) is 5.23. The van der Waals surface area contributed by atoms with E-state index in [1.807, 2.05) is 17.8 Å². The molecule has 0 aromatic heterocycles. The lowest BCUT2D eigenvalue weighted by atomic mass is 10.00. The fraction of sp³-hybridized carbons (Fsp3) is 0.500. The molecule has 0 amide bonds. The molecule has 0 aliphatic carbocycles. The first-order chi connectivity index (χ1) is 7.98. The maximum atomic E-state index is 4.85. The Morgan fingerprint density at radius 1 is 1.29 bits per heavy atom. The third-order valence-electron chi connectivity index (χ3n) is 2.92. The summed E-state index contributed by atoms with van der Waals surface area (Å²) in [5.74, 6) is 0. The van der Waals surface area contributed by atoms with Gasteiger partial charge in [-0.05, 0) is 32.4 Å². The lowest BCUT2D eigenvalue weighted by Crippen LogP contribution is -2.35. The quantitative estimate of drug-likeness (QED) is 0.751. The number of hydrogen-bond donors (Lipinski definition) is 0. The predicted molar refractivity (Wildman–Crippen MR) is 78.0 cm³/mol. The monoisotopic (exact) mass is 248 g/mol. The van der Waals surface area contributed by atoms with Gasteiger partial charge >= 0.3 is 0 Å². The van der Waals surface area contributed by atoms with Crippen molar-refractivity contribution in [2.24, 2.45) is 4.99 Å². The van der Waals surface area contributed by atoms with Crippen molar-refractivity contribution in [3.05, 3.63) is 30.3 Å². The van der Waals surface area contributed by atoms with Gasteiger partial charge in [0.15, 0.2) is 5.17 Å². The Morgan fingerprint density at radius 2 is 1.94 bits per heavy atom. The number of anilines is 1. The van der Waals surface area contributed by atoms with Crippen LogP contribution in [0.5, 0.6) is 0 Å². The molecule has 1 unspecified atom stereocenters. The predicted octanol–water partition coefficient (Wildman–Crippen LogP) is 3.78. The molecule has 1 heterocycles. The zero-order chi connectivity index (χ0) is 12.5. The average Bonchev–Trinajstić information content (AvgIpc) is 2.26. The van der Waals surface area contributed by atoms with Crippen LogP contribution in [0.1, 0.15) is 27.2 Å². The zero-order valence-electron chi connectivity index (χ0n) is 11.0. The molecule has 0 radical (unpaired) electrons. The maximum Gasteiger partial charge on any atom is 0.164 e. The van der Waals surface area contributed by atoms with Crippen LogP contribution in [-0.2, 0) is 0 Å². The molecular formula is C14H20N2S. The van der Waals surface area contributed by atoms with Crippen LogP contribution in [0.3, 0.4) is 0 Å². The summed E-state index contributed by atoms with van der Waals surface area (Å²) in [6.45, 7) is 6.70. The van der Waals surface area contributed by atoms with Gasteiger partial charge < -0.3 is 4.90 Å². The Balaban J connectivity index is 2.25. The van der Waals surface area contributed by atoms with Crippen molar-refractivity contribution in [1.82, 2.24) is 0 Å². The number of thioether (sulfide) groups is 1. The van der Waals surface area contributed by atoms with Crippen molar-refractivity contribution in [2.45, 2.75) is 38.0 Å². The molecule has 1 aromatic carbocycles. The average molecular weight is 248 g/mol. The number of aliphatic imine (C=N–C) groups is 1. The number of nitrogens with zero attached hydrogens (tertiary/aromatic N) is 2. The fourth-order valence-electron chi connectivity index (χ4n) is 2.17. The molecule has 1 aliphatic heterocycles. The van der Waals surface area contributed by atoms with E-state index in [0.29, 0.717) is 5.25 Å². The van der Waals surface area contributed by atoms with E-state index in [4.69, 9.17) is 4.99 Å². The molecule has 1 aromatic rings. The lowest BCUT2D eigenvalue weighted by Gasteiger charge is -2.34. The minimum absolute atomic E-state index is 0.0586. The molecule has 0 N–H and O–H groups in total. The van der Waals surface area contributed by atoms with Crippen LogP contribution in [0, 0.1) is 0 Å². The normalized spacial score (nSPS) is 23.1. The van der Waals surface area contributed by atoms with E-state index < -0.39 is 0 Å². The second kappa shape index (κ2) is 4.73. The van der Waals surface area contributed by atoms with E-state index in [1.165, 1.54) is 5.69 Å². The van der Waals surface area contributed by atoms with Crippen LogP contribution in [0.2, 0.25) is 0 Å². The van der Waals surface area contributed by atoms with Gasteiger partial charge in [-0.15, -0.1) is 0 Å². The Labute approximate surface area is 108 Å². The van der Waals surface area contributed by atoms with Gasteiger partial charge in [0.05, 0.1) is 5.54 Å². The lowest BCUT2D eigenvalue weighted by molar-refractivity contribution is 0.476. The molecule has 0 spiro atoms. The molecule has 0 saturated heterocycles. The largest absolute Gasteiger partial charge is 0.324 e. The molecule has 0 saturated carbocycles. The van der Waals surface area contributed by atoms with E-state index in [9.17, 15) is 0 Å². The van der Waals surface area contributed by atoms with E-state index in [2.05, 4.69) is 57.0 Å². The SMILES string of the molecule is CC1CC(C)(C)N=C(N(C)c2ccccc2)S1. The summed E-state index contributed by atoms with van der Waals surface area (Å²) in [4.78, 5) is 7.03. The van der Waals surface area contributed by atoms with E-state index >= 15 is 0 Å². The summed E-state index contributed by atoms with van der Waals surface area (Å²) in [5, 5.41) is 1.75. The highest BCUT2D eigenvalue weighted by atomic mass is 32.2. The first-order valence-electron chi connectivity index (χ1n) is 6.03. The van der Waals surface area contributed by atoms with Crippen LogP contribution in [0.15, 0.2) is 35.3 Å². The second-order valence-corrected chi connectivity index (χ2v) is 6.64. The Bertz CT molecular complexity index is 411. The molecule has 1 atom stereocenters. The summed E-state index contributed by atoms with van der Waals surface area (Å²) < 4.78 is 0. The Kier molecular flexibility index (Phi) is 3.48. The first kappa shape index (κ1) is 12.5. The highest BCUT2D eigenvalue weighted by Gasteiger charge is 2.29. The summed E-state index contributed by atoms with van der Waals surface area (Å²) in [6, 6.07) is 10.4. The van der Waals surface area contributed by atoms with Gasteiger partial charge in [-0.25, -0.2) is 0 Å². The molecule has 2 nitrogen and oxygen atoms in total. The Morgan fingerprint density at radius 3 is 2.53 bits per heavy atom. The van der Waals surface area contributed by atoms with Crippen molar-refractivity contribution in [3.63, 3.8) is 0 Å². The summed E-state index contributed by atoms with van der Waals surface area (Å²) in [7, 11) is 2.09. The first-order valence-corrected chi connectivity index (χ1v) is 6.91. The summed E-state index contributed by atoms with van der Waals surface area (Å²) in [6.07, 6.45) is 1.14.